The molecule has 1 aromatic rings. The van der Waals surface area contributed by atoms with Crippen molar-refractivity contribution in [3.8, 4) is 0 Å². The van der Waals surface area contributed by atoms with Gasteiger partial charge in [-0.15, -0.1) is 12.4 Å². The van der Waals surface area contributed by atoms with Crippen LogP contribution in [0.25, 0.3) is 0 Å². The molecule has 7 heteroatoms. The second-order valence-corrected chi connectivity index (χ2v) is 7.45. The number of halogens is 2. The first kappa shape index (κ1) is 19.9. The summed E-state index contributed by atoms with van der Waals surface area (Å²) in [4.78, 5) is 0.288. The molecule has 0 aromatic heterocycles. The van der Waals surface area contributed by atoms with Crippen molar-refractivity contribution in [2.24, 2.45) is 5.73 Å². The zero-order chi connectivity index (χ0) is 14.7. The van der Waals surface area contributed by atoms with Gasteiger partial charge < -0.3 is 5.73 Å². The Morgan fingerprint density at radius 1 is 1.30 bits per heavy atom. The van der Waals surface area contributed by atoms with Crippen LogP contribution in [-0.4, -0.2) is 20.5 Å². The quantitative estimate of drug-likeness (QED) is 0.790. The van der Waals surface area contributed by atoms with Gasteiger partial charge in [0.05, 0.1) is 4.90 Å². The minimum Gasteiger partial charge on any atom is -0.324 e. The first-order valence-electron chi connectivity index (χ1n) is 6.29. The molecule has 1 rings (SSSR count). The number of nitrogens with two attached hydrogens (primary N) is 1. The van der Waals surface area contributed by atoms with Crippen molar-refractivity contribution in [3.05, 3.63) is 28.2 Å². The molecule has 0 saturated carbocycles. The Bertz CT molecular complexity index is 545. The molecule has 0 aliphatic rings. The standard InChI is InChI=1S/C13H21BrN2O2S.ClH/c1-4-13(15,5-2)9-16-19(17,18)12-8-11(14)7-6-10(12)3;/h6-8,16H,4-5,9,15H2,1-3H3;1H. The molecule has 0 unspecified atom stereocenters. The van der Waals surface area contributed by atoms with Gasteiger partial charge in [0.15, 0.2) is 0 Å². The average Bonchev–Trinajstić information content (AvgIpc) is 2.39. The highest BCUT2D eigenvalue weighted by molar-refractivity contribution is 9.10. The maximum absolute atomic E-state index is 12.3. The van der Waals surface area contributed by atoms with E-state index in [1.807, 2.05) is 19.9 Å². The van der Waals surface area contributed by atoms with E-state index in [0.29, 0.717) is 5.56 Å². The molecule has 0 aliphatic heterocycles. The van der Waals surface area contributed by atoms with Crippen molar-refractivity contribution >= 4 is 38.4 Å². The molecule has 0 spiro atoms. The topological polar surface area (TPSA) is 72.2 Å². The van der Waals surface area contributed by atoms with Crippen LogP contribution in [0.5, 0.6) is 0 Å². The molecule has 0 saturated heterocycles. The van der Waals surface area contributed by atoms with Crippen LogP contribution in [0.2, 0.25) is 0 Å². The fourth-order valence-corrected chi connectivity index (χ4v) is 3.60. The summed E-state index contributed by atoms with van der Waals surface area (Å²) in [6, 6.07) is 5.20. The molecule has 3 N–H and O–H groups in total. The first-order valence-corrected chi connectivity index (χ1v) is 8.56. The Kier molecular flexibility index (Phi) is 7.70. The van der Waals surface area contributed by atoms with E-state index in [0.717, 1.165) is 17.3 Å². The molecule has 0 atom stereocenters. The zero-order valence-corrected chi connectivity index (χ0v) is 15.2. The predicted molar refractivity (Wildman–Crippen MR) is 88.8 cm³/mol. The summed E-state index contributed by atoms with van der Waals surface area (Å²) >= 11 is 3.29. The highest BCUT2D eigenvalue weighted by Gasteiger charge is 2.24. The Labute approximate surface area is 136 Å². The Hall–Kier alpha value is -0.140. The van der Waals surface area contributed by atoms with Gasteiger partial charge in [-0.3, -0.25) is 0 Å². The lowest BCUT2D eigenvalue weighted by Crippen LogP contribution is -2.49. The zero-order valence-electron chi connectivity index (χ0n) is 11.9. The van der Waals surface area contributed by atoms with E-state index < -0.39 is 15.6 Å². The monoisotopic (exact) mass is 384 g/mol. The van der Waals surface area contributed by atoms with E-state index in [4.69, 9.17) is 5.73 Å². The van der Waals surface area contributed by atoms with Crippen LogP contribution in [-0.2, 0) is 10.0 Å². The number of sulfonamides is 1. The molecule has 116 valence electrons. The number of aryl methyl sites for hydroxylation is 1. The summed E-state index contributed by atoms with van der Waals surface area (Å²) in [5.74, 6) is 0. The molecule has 0 heterocycles. The van der Waals surface area contributed by atoms with E-state index in [2.05, 4.69) is 20.7 Å². The Balaban J connectivity index is 0.00000361. The molecular weight excluding hydrogens is 364 g/mol. The smallest absolute Gasteiger partial charge is 0.240 e. The third-order valence-corrected chi connectivity index (χ3v) is 5.50. The molecule has 0 fully saturated rings. The van der Waals surface area contributed by atoms with Crippen molar-refractivity contribution in [2.45, 2.75) is 44.0 Å². The number of rotatable bonds is 6. The lowest BCUT2D eigenvalue weighted by molar-refractivity contribution is 0.391. The Morgan fingerprint density at radius 3 is 2.35 bits per heavy atom. The van der Waals surface area contributed by atoms with Gasteiger partial charge in [0.25, 0.3) is 0 Å². The van der Waals surface area contributed by atoms with E-state index in [9.17, 15) is 8.42 Å². The molecule has 4 nitrogen and oxygen atoms in total. The second-order valence-electron chi connectivity index (χ2n) is 4.80. The van der Waals surface area contributed by atoms with Gasteiger partial charge in [0.1, 0.15) is 0 Å². The molecular formula is C13H22BrClN2O2S. The number of nitrogens with one attached hydrogen (secondary N) is 1. The van der Waals surface area contributed by atoms with Crippen LogP contribution in [0.1, 0.15) is 32.3 Å². The third kappa shape index (κ3) is 5.00. The van der Waals surface area contributed by atoms with Gasteiger partial charge in [-0.1, -0.05) is 35.8 Å². The van der Waals surface area contributed by atoms with Gasteiger partial charge in [0, 0.05) is 16.6 Å². The average molecular weight is 386 g/mol. The summed E-state index contributed by atoms with van der Waals surface area (Å²) < 4.78 is 27.9. The number of benzene rings is 1. The van der Waals surface area contributed by atoms with Crippen molar-refractivity contribution in [1.29, 1.82) is 0 Å². The molecule has 0 radical (unpaired) electrons. The van der Waals surface area contributed by atoms with Crippen molar-refractivity contribution in [3.63, 3.8) is 0 Å². The fourth-order valence-electron chi connectivity index (χ4n) is 1.68. The maximum Gasteiger partial charge on any atom is 0.240 e. The van der Waals surface area contributed by atoms with Gasteiger partial charge in [-0.25, -0.2) is 13.1 Å². The van der Waals surface area contributed by atoms with Crippen molar-refractivity contribution in [2.75, 3.05) is 6.54 Å². The molecule has 0 aliphatic carbocycles. The van der Waals surface area contributed by atoms with Crippen molar-refractivity contribution in [1.82, 2.24) is 4.72 Å². The normalized spacial score (nSPS) is 12.1. The van der Waals surface area contributed by atoms with E-state index in [1.165, 1.54) is 0 Å². The van der Waals surface area contributed by atoms with Crippen LogP contribution in [0, 0.1) is 6.92 Å². The first-order chi connectivity index (χ1) is 8.74. The highest BCUT2D eigenvalue weighted by Crippen LogP contribution is 2.21. The SMILES string of the molecule is CCC(N)(CC)CNS(=O)(=O)c1cc(Br)ccc1C.Cl. The third-order valence-electron chi connectivity index (χ3n) is 3.46. The van der Waals surface area contributed by atoms with Crippen molar-refractivity contribution < 1.29 is 8.42 Å². The van der Waals surface area contributed by atoms with Gasteiger partial charge >= 0.3 is 0 Å². The second kappa shape index (κ2) is 7.75. The largest absolute Gasteiger partial charge is 0.324 e. The van der Waals surface area contributed by atoms with Gasteiger partial charge in [0.2, 0.25) is 10.0 Å². The fraction of sp³-hybridized carbons (Fsp3) is 0.538. The predicted octanol–water partition coefficient (Wildman–Crippen LogP) is 2.98. The lowest BCUT2D eigenvalue weighted by atomic mass is 9.95. The number of hydrogen-bond donors (Lipinski definition) is 2. The minimum absolute atomic E-state index is 0. The molecule has 20 heavy (non-hydrogen) atoms. The van der Waals surface area contributed by atoms with Crippen LogP contribution in [0.15, 0.2) is 27.6 Å². The van der Waals surface area contributed by atoms with E-state index in [1.54, 1.807) is 19.1 Å². The van der Waals surface area contributed by atoms with Crippen LogP contribution >= 0.6 is 28.3 Å². The minimum atomic E-state index is -3.53. The van der Waals surface area contributed by atoms with Crippen LogP contribution in [0.4, 0.5) is 0 Å². The van der Waals surface area contributed by atoms with E-state index >= 15 is 0 Å². The van der Waals surface area contributed by atoms with Gasteiger partial charge in [-0.05, 0) is 37.5 Å². The molecule has 0 bridgehead atoms. The maximum atomic E-state index is 12.3. The summed E-state index contributed by atoms with van der Waals surface area (Å²) in [5, 5.41) is 0. The molecule has 0 amide bonds. The van der Waals surface area contributed by atoms with Crippen LogP contribution < -0.4 is 10.5 Å². The number of hydrogen-bond acceptors (Lipinski definition) is 3. The Morgan fingerprint density at radius 2 is 1.85 bits per heavy atom. The molecule has 1 aromatic carbocycles. The summed E-state index contributed by atoms with van der Waals surface area (Å²) in [5.41, 5.74) is 6.33. The lowest BCUT2D eigenvalue weighted by Gasteiger charge is -2.26. The summed E-state index contributed by atoms with van der Waals surface area (Å²) in [7, 11) is -3.53. The van der Waals surface area contributed by atoms with E-state index in [-0.39, 0.29) is 23.8 Å². The van der Waals surface area contributed by atoms with Gasteiger partial charge in [-0.2, -0.15) is 0 Å². The van der Waals surface area contributed by atoms with Crippen LogP contribution in [0.3, 0.4) is 0 Å². The summed E-state index contributed by atoms with van der Waals surface area (Å²) in [6.07, 6.45) is 1.45. The highest BCUT2D eigenvalue weighted by atomic mass is 79.9. The summed E-state index contributed by atoms with van der Waals surface area (Å²) in [6.45, 7) is 5.94.